The van der Waals surface area contributed by atoms with Crippen LogP contribution in [0.1, 0.15) is 55.2 Å². The van der Waals surface area contributed by atoms with Crippen molar-refractivity contribution in [3.8, 4) is 55.9 Å². The van der Waals surface area contributed by atoms with Gasteiger partial charge in [0.1, 0.15) is 0 Å². The van der Waals surface area contributed by atoms with E-state index in [9.17, 15) is 9.59 Å². The van der Waals surface area contributed by atoms with Gasteiger partial charge in [-0.05, 0) is 53.6 Å². The predicted molar refractivity (Wildman–Crippen MR) is 236 cm³/mol. The Kier molecular flexibility index (Phi) is 10.1. The largest absolute Gasteiger partial charge is 0.432 e. The highest BCUT2D eigenvalue weighted by Crippen LogP contribution is 2.46. The van der Waals surface area contributed by atoms with Gasteiger partial charge in [0.2, 0.25) is 17.2 Å². The molecule has 0 saturated carbocycles. The van der Waals surface area contributed by atoms with Gasteiger partial charge in [-0.1, -0.05) is 129 Å². The first kappa shape index (κ1) is 39.2. The van der Waals surface area contributed by atoms with E-state index in [0.717, 1.165) is 11.1 Å². The van der Waals surface area contributed by atoms with Crippen LogP contribution in [-0.4, -0.2) is 21.5 Å². The minimum Gasteiger partial charge on any atom is -0.432 e. The average Bonchev–Trinajstić information content (AvgIpc) is 3.71. The quantitative estimate of drug-likeness (QED) is 0.144. The standard InChI is InChI=1S/C46H34Cl4N4O4/c1-5-35(55)41-37(51)31-21-29(39(53-44(31)57-41)26-9-6-7-12-33(26)48)23-15-18-34(49)30(19-23)25-10-8-11-27(36(25)50)40-28(22-13-16-24(47)17-14-22)20-32-38(52)42(58-45(32)54-40)43(56)46(2,3)4/h6-21H,5,51-52H2,1-4H3. The summed E-state index contributed by atoms with van der Waals surface area (Å²) in [4.78, 5) is 36.0. The summed E-state index contributed by atoms with van der Waals surface area (Å²) in [6.45, 7) is 7.15. The smallest absolute Gasteiger partial charge is 0.229 e. The summed E-state index contributed by atoms with van der Waals surface area (Å²) in [6.07, 6.45) is 0.215. The Labute approximate surface area is 353 Å². The topological polar surface area (TPSA) is 138 Å². The Bertz CT molecular complexity index is 2980. The number of ketones is 2. The number of halogens is 4. The Morgan fingerprint density at radius 3 is 1.78 bits per heavy atom. The number of nitrogens with zero attached hydrogens (tertiary/aromatic N) is 2. The van der Waals surface area contributed by atoms with Gasteiger partial charge in [0, 0.05) is 60.3 Å². The first-order valence-electron chi connectivity index (χ1n) is 18.3. The van der Waals surface area contributed by atoms with Gasteiger partial charge in [-0.15, -0.1) is 0 Å². The molecule has 4 aromatic heterocycles. The molecule has 290 valence electrons. The minimum atomic E-state index is -0.743. The number of fused-ring (bicyclic) bond motifs is 2. The number of aromatic nitrogens is 2. The number of carbonyl (C=O) groups is 2. The van der Waals surface area contributed by atoms with Crippen LogP contribution in [0.3, 0.4) is 0 Å². The zero-order valence-electron chi connectivity index (χ0n) is 31.6. The van der Waals surface area contributed by atoms with Crippen molar-refractivity contribution >= 4 is 91.5 Å². The molecular formula is C46H34Cl4N4O4. The van der Waals surface area contributed by atoms with Crippen molar-refractivity contribution in [3.63, 3.8) is 0 Å². The molecule has 0 atom stereocenters. The van der Waals surface area contributed by atoms with E-state index in [0.29, 0.717) is 75.6 Å². The van der Waals surface area contributed by atoms with Crippen molar-refractivity contribution in [1.82, 2.24) is 9.97 Å². The Morgan fingerprint density at radius 1 is 0.603 bits per heavy atom. The lowest BCUT2D eigenvalue weighted by molar-refractivity contribution is 0.0831. The number of nitrogen functional groups attached to an aromatic ring is 2. The van der Waals surface area contributed by atoms with Crippen molar-refractivity contribution in [2.45, 2.75) is 34.1 Å². The van der Waals surface area contributed by atoms with E-state index in [-0.39, 0.29) is 52.3 Å². The van der Waals surface area contributed by atoms with Crippen LogP contribution in [0.5, 0.6) is 0 Å². The maximum absolute atomic E-state index is 13.4. The van der Waals surface area contributed by atoms with Gasteiger partial charge in [-0.2, -0.15) is 0 Å². The van der Waals surface area contributed by atoms with E-state index >= 15 is 0 Å². The highest BCUT2D eigenvalue weighted by atomic mass is 35.5. The summed E-state index contributed by atoms with van der Waals surface area (Å²) >= 11 is 27.4. The van der Waals surface area contributed by atoms with Gasteiger partial charge in [0.25, 0.3) is 0 Å². The van der Waals surface area contributed by atoms with Crippen molar-refractivity contribution < 1.29 is 18.4 Å². The molecule has 0 unspecified atom stereocenters. The lowest BCUT2D eigenvalue weighted by Gasteiger charge is -2.16. The lowest BCUT2D eigenvalue weighted by Crippen LogP contribution is -2.20. The fraction of sp³-hybridized carbons (Fsp3) is 0.130. The number of nitrogens with two attached hydrogens (primary N) is 2. The van der Waals surface area contributed by atoms with Crippen LogP contribution >= 0.6 is 46.4 Å². The Morgan fingerprint density at radius 2 is 1.14 bits per heavy atom. The molecule has 0 amide bonds. The molecule has 0 saturated heterocycles. The van der Waals surface area contributed by atoms with Gasteiger partial charge < -0.3 is 20.3 Å². The van der Waals surface area contributed by atoms with Crippen LogP contribution in [-0.2, 0) is 0 Å². The van der Waals surface area contributed by atoms with Crippen LogP contribution in [0, 0.1) is 5.41 Å². The number of rotatable bonds is 8. The third kappa shape index (κ3) is 6.80. The number of pyridine rings is 2. The van der Waals surface area contributed by atoms with Crippen LogP contribution in [0.4, 0.5) is 11.4 Å². The molecule has 0 aliphatic carbocycles. The fourth-order valence-corrected chi connectivity index (χ4v) is 7.80. The molecule has 8 rings (SSSR count). The molecule has 0 radical (unpaired) electrons. The summed E-state index contributed by atoms with van der Waals surface area (Å²) in [5.74, 6) is -0.370. The SMILES string of the molecule is CCC(=O)c1oc2nc(-c3ccccc3Cl)c(-c3ccc(Cl)c(-c4cccc(-c5nc6oc(C(=O)C(C)(C)C)c(N)c6cc5-c5ccc(Cl)cc5)c4Cl)c3)cc2c1N. The molecule has 58 heavy (non-hydrogen) atoms. The molecule has 0 fully saturated rings. The molecular weight excluding hydrogens is 814 g/mol. The number of carbonyl (C=O) groups excluding carboxylic acids is 2. The van der Waals surface area contributed by atoms with E-state index < -0.39 is 5.41 Å². The Balaban J connectivity index is 1.33. The first-order chi connectivity index (χ1) is 27.7. The second-order valence-electron chi connectivity index (χ2n) is 14.9. The molecule has 12 heteroatoms. The Hall–Kier alpha value is -5.64. The third-order valence-electron chi connectivity index (χ3n) is 10.0. The fourth-order valence-electron chi connectivity index (χ4n) is 6.91. The summed E-state index contributed by atoms with van der Waals surface area (Å²) in [7, 11) is 0. The molecule has 0 aliphatic heterocycles. The van der Waals surface area contributed by atoms with Crippen LogP contribution < -0.4 is 11.5 Å². The molecule has 8 nitrogen and oxygen atoms in total. The average molecular weight is 849 g/mol. The zero-order valence-corrected chi connectivity index (χ0v) is 34.7. The van der Waals surface area contributed by atoms with E-state index in [1.165, 1.54) is 0 Å². The maximum Gasteiger partial charge on any atom is 0.229 e. The van der Waals surface area contributed by atoms with Crippen molar-refractivity contribution in [2.24, 2.45) is 5.41 Å². The number of hydrogen-bond acceptors (Lipinski definition) is 8. The van der Waals surface area contributed by atoms with Crippen LogP contribution in [0.2, 0.25) is 20.1 Å². The second-order valence-corrected chi connectivity index (χ2v) is 16.5. The number of benzene rings is 4. The molecule has 4 heterocycles. The molecule has 0 aliphatic rings. The highest BCUT2D eigenvalue weighted by molar-refractivity contribution is 6.38. The first-order valence-corrected chi connectivity index (χ1v) is 19.8. The van der Waals surface area contributed by atoms with E-state index in [1.807, 2.05) is 72.8 Å². The lowest BCUT2D eigenvalue weighted by atomic mass is 9.89. The molecule has 0 spiro atoms. The van der Waals surface area contributed by atoms with Gasteiger partial charge >= 0.3 is 0 Å². The van der Waals surface area contributed by atoms with E-state index in [4.69, 9.17) is 76.7 Å². The van der Waals surface area contributed by atoms with Crippen molar-refractivity contribution in [1.29, 1.82) is 0 Å². The maximum atomic E-state index is 13.4. The molecule has 8 aromatic rings. The van der Waals surface area contributed by atoms with Crippen molar-refractivity contribution in [3.05, 3.63) is 129 Å². The second kappa shape index (κ2) is 14.9. The normalized spacial score (nSPS) is 11.8. The van der Waals surface area contributed by atoms with E-state index in [2.05, 4.69) is 0 Å². The third-order valence-corrected chi connectivity index (χ3v) is 11.3. The highest BCUT2D eigenvalue weighted by Gasteiger charge is 2.31. The predicted octanol–water partition coefficient (Wildman–Crippen LogP) is 13.9. The van der Waals surface area contributed by atoms with Gasteiger partial charge in [0.15, 0.2) is 17.3 Å². The summed E-state index contributed by atoms with van der Waals surface area (Å²) < 4.78 is 12.0. The van der Waals surface area contributed by atoms with Crippen LogP contribution in [0.25, 0.3) is 78.1 Å². The molecule has 4 N–H and O–H groups in total. The number of anilines is 2. The summed E-state index contributed by atoms with van der Waals surface area (Å²) in [5, 5.41) is 2.80. The number of hydrogen-bond donors (Lipinski definition) is 2. The van der Waals surface area contributed by atoms with Gasteiger partial charge in [-0.3, -0.25) is 9.59 Å². The molecule has 0 bridgehead atoms. The van der Waals surface area contributed by atoms with Gasteiger partial charge in [-0.25, -0.2) is 9.97 Å². The number of furan rings is 2. The van der Waals surface area contributed by atoms with Crippen LogP contribution in [0.15, 0.2) is 106 Å². The number of Topliss-reactive ketones (excluding diaryl/α,β-unsaturated/α-hetero) is 2. The van der Waals surface area contributed by atoms with E-state index in [1.54, 1.807) is 52.0 Å². The van der Waals surface area contributed by atoms with Crippen molar-refractivity contribution in [2.75, 3.05) is 11.5 Å². The molecule has 4 aromatic carbocycles. The summed E-state index contributed by atoms with van der Waals surface area (Å²) in [5.41, 5.74) is 19.5. The van der Waals surface area contributed by atoms with Gasteiger partial charge in [0.05, 0.1) is 38.6 Å². The minimum absolute atomic E-state index is 0.0480. The monoisotopic (exact) mass is 846 g/mol. The zero-order chi connectivity index (χ0) is 41.2. The summed E-state index contributed by atoms with van der Waals surface area (Å²) in [6, 6.07) is 29.5.